The Bertz CT molecular complexity index is 2070. The topological polar surface area (TPSA) is 193 Å². The van der Waals surface area contributed by atoms with Gasteiger partial charge in [0.2, 0.25) is 23.7 Å². The molecule has 2 aromatic heterocycles. The van der Waals surface area contributed by atoms with Crippen LogP contribution in [-0.2, 0) is 20.8 Å². The quantitative estimate of drug-likeness (QED) is 0.0856. The average molecular weight is 902 g/mol. The van der Waals surface area contributed by atoms with Gasteiger partial charge in [0.15, 0.2) is 5.58 Å². The fourth-order valence-electron chi connectivity index (χ4n) is 6.64. The number of ether oxygens (including phenoxy) is 3. The van der Waals surface area contributed by atoms with Crippen molar-refractivity contribution in [3.63, 3.8) is 0 Å². The van der Waals surface area contributed by atoms with Crippen molar-refractivity contribution in [1.29, 1.82) is 0 Å². The van der Waals surface area contributed by atoms with E-state index in [4.69, 9.17) is 23.6 Å². The first-order valence-electron chi connectivity index (χ1n) is 22.8. The highest BCUT2D eigenvalue weighted by atomic mass is 16.6. The summed E-state index contributed by atoms with van der Waals surface area (Å²) in [6, 6.07) is 15.7. The summed E-state index contributed by atoms with van der Waals surface area (Å²) in [5, 5.41) is 10.1. The molecule has 0 atom stereocenters. The molecule has 65 heavy (non-hydrogen) atoms. The van der Waals surface area contributed by atoms with Gasteiger partial charge in [-0.25, -0.2) is 19.4 Å². The Morgan fingerprint density at radius 2 is 1.03 bits per heavy atom. The minimum absolute atomic E-state index is 0.186. The van der Waals surface area contributed by atoms with Crippen molar-refractivity contribution in [2.75, 3.05) is 87.9 Å². The lowest BCUT2D eigenvalue weighted by molar-refractivity contribution is 0.00471. The Morgan fingerprint density at radius 1 is 0.585 bits per heavy atom. The highest BCUT2D eigenvalue weighted by Gasteiger charge is 2.29. The molecule has 3 amide bonds. The van der Waals surface area contributed by atoms with Crippen LogP contribution in [-0.4, -0.2) is 147 Å². The van der Waals surface area contributed by atoms with E-state index in [9.17, 15) is 14.4 Å². The van der Waals surface area contributed by atoms with Crippen molar-refractivity contribution in [3.05, 3.63) is 54.1 Å². The molecule has 4 aromatic rings. The van der Waals surface area contributed by atoms with E-state index in [2.05, 4.69) is 42.7 Å². The van der Waals surface area contributed by atoms with Gasteiger partial charge in [-0.1, -0.05) is 37.6 Å². The molecule has 1 saturated heterocycles. The van der Waals surface area contributed by atoms with Crippen molar-refractivity contribution < 1.29 is 33.0 Å². The number of nitrogens with one attached hydrogen (secondary N) is 3. The predicted octanol–water partition coefficient (Wildman–Crippen LogP) is 8.33. The zero-order valence-corrected chi connectivity index (χ0v) is 40.2. The van der Waals surface area contributed by atoms with Crippen molar-refractivity contribution >= 4 is 47.2 Å². The lowest BCUT2D eigenvalue weighted by Crippen LogP contribution is -2.51. The molecule has 3 heterocycles. The third-order valence-electron chi connectivity index (χ3n) is 9.94. The summed E-state index contributed by atoms with van der Waals surface area (Å²) in [7, 11) is 0. The second kappa shape index (κ2) is 22.8. The molecular formula is C47H71N11O7. The van der Waals surface area contributed by atoms with Crippen LogP contribution >= 0.6 is 0 Å². The van der Waals surface area contributed by atoms with Crippen LogP contribution < -0.4 is 16.0 Å². The monoisotopic (exact) mass is 902 g/mol. The van der Waals surface area contributed by atoms with Gasteiger partial charge >= 0.3 is 18.3 Å². The van der Waals surface area contributed by atoms with Gasteiger partial charge in [-0.3, -0.25) is 4.90 Å². The number of para-hydroxylation sites is 2. The Morgan fingerprint density at radius 3 is 1.49 bits per heavy atom. The van der Waals surface area contributed by atoms with E-state index in [0.29, 0.717) is 76.0 Å². The maximum atomic E-state index is 13.5. The molecule has 18 heteroatoms. The van der Waals surface area contributed by atoms with Crippen LogP contribution in [0.4, 0.5) is 32.2 Å². The van der Waals surface area contributed by atoms with Gasteiger partial charge in [0.05, 0.1) is 0 Å². The molecule has 0 saturated carbocycles. The summed E-state index contributed by atoms with van der Waals surface area (Å²) >= 11 is 0. The van der Waals surface area contributed by atoms with Crippen LogP contribution in [0.5, 0.6) is 0 Å². The molecule has 0 unspecified atom stereocenters. The van der Waals surface area contributed by atoms with Crippen molar-refractivity contribution in [2.24, 2.45) is 0 Å². The predicted molar refractivity (Wildman–Crippen MR) is 253 cm³/mol. The lowest BCUT2D eigenvalue weighted by atomic mass is 10.1. The normalized spacial score (nSPS) is 14.9. The smallest absolute Gasteiger partial charge is 0.410 e. The third-order valence-corrected chi connectivity index (χ3v) is 9.94. The molecule has 18 nitrogen and oxygen atoms in total. The van der Waals surface area contributed by atoms with E-state index in [1.54, 1.807) is 30.6 Å². The van der Waals surface area contributed by atoms with Crippen molar-refractivity contribution in [3.8, 4) is 11.5 Å². The molecule has 0 radical (unpaired) electrons. The number of nitrogens with zero attached hydrogens (tertiary/aromatic N) is 8. The van der Waals surface area contributed by atoms with Crippen molar-refractivity contribution in [2.45, 2.75) is 112 Å². The molecule has 2 aromatic carbocycles. The summed E-state index contributed by atoms with van der Waals surface area (Å²) in [5.41, 5.74) is 1.34. The van der Waals surface area contributed by atoms with Crippen LogP contribution in [0.15, 0.2) is 52.9 Å². The number of benzene rings is 2. The van der Waals surface area contributed by atoms with Gasteiger partial charge in [0.1, 0.15) is 22.3 Å². The number of fused-ring (bicyclic) bond motifs is 1. The van der Waals surface area contributed by atoms with Gasteiger partial charge in [-0.05, 0) is 112 Å². The zero-order chi connectivity index (χ0) is 47.2. The van der Waals surface area contributed by atoms with E-state index in [1.165, 1.54) is 4.90 Å². The Balaban J connectivity index is 1.26. The lowest BCUT2D eigenvalue weighted by Gasteiger charge is -2.35. The number of hydrogen-bond donors (Lipinski definition) is 3. The molecular weight excluding hydrogens is 831 g/mol. The van der Waals surface area contributed by atoms with Gasteiger partial charge in [0, 0.05) is 77.6 Å². The Hall–Kier alpha value is -5.91. The molecule has 0 spiro atoms. The van der Waals surface area contributed by atoms with Gasteiger partial charge < -0.3 is 49.3 Å². The number of carbonyl (C=O) groups excluding carboxylic acids is 3. The first-order valence-corrected chi connectivity index (χ1v) is 22.8. The molecule has 0 aliphatic carbocycles. The standard InChI is InChI=1S/C47H71N11O7/c1-11-12-22-48-39-52-40(54-41(53-39)50-33-34-18-20-35(21-19-34)38-51-36-16-13-14-17-37(36)62-38)49-23-15-24-55-25-27-56(42(59)63-45(2,3)4)29-31-58(44(61)65-47(8,9)10)32-30-57(28-26-55)43(60)64-46(5,6)7/h13-14,16-21H,11-12,15,22-33H2,1-10H3,(H3,48,49,50,52,53,54). The average Bonchev–Trinajstić information content (AvgIpc) is 3.65. The summed E-state index contributed by atoms with van der Waals surface area (Å²) in [6.45, 7) is 23.4. The first kappa shape index (κ1) is 50.1. The zero-order valence-electron chi connectivity index (χ0n) is 40.2. The fourth-order valence-corrected chi connectivity index (χ4v) is 6.64. The SMILES string of the molecule is CCCCNc1nc(NCCCN2CCN(C(=O)OC(C)(C)C)CCN(C(=O)OC(C)(C)C)CCN(C(=O)OC(C)(C)C)CC2)nc(NCc2ccc(-c3nc4ccccc4o3)cc2)n1. The Kier molecular flexibility index (Phi) is 17.6. The van der Waals surface area contributed by atoms with E-state index in [0.717, 1.165) is 41.6 Å². The number of rotatable bonds is 13. The van der Waals surface area contributed by atoms with Crippen molar-refractivity contribution in [1.82, 2.24) is 39.5 Å². The van der Waals surface area contributed by atoms with Gasteiger partial charge in [0.25, 0.3) is 0 Å². The largest absolute Gasteiger partial charge is 0.444 e. The van der Waals surface area contributed by atoms with Crippen LogP contribution in [0, 0.1) is 0 Å². The van der Waals surface area contributed by atoms with E-state index in [1.807, 2.05) is 90.1 Å². The number of hydrogen-bond acceptors (Lipinski definition) is 15. The third kappa shape index (κ3) is 17.2. The highest BCUT2D eigenvalue weighted by molar-refractivity contribution is 5.76. The maximum Gasteiger partial charge on any atom is 0.410 e. The van der Waals surface area contributed by atoms with Crippen LogP contribution in [0.3, 0.4) is 0 Å². The van der Waals surface area contributed by atoms with Crippen LogP contribution in [0.1, 0.15) is 94.1 Å². The first-order chi connectivity index (χ1) is 30.7. The highest BCUT2D eigenvalue weighted by Crippen LogP contribution is 2.25. The summed E-state index contributed by atoms with van der Waals surface area (Å²) < 4.78 is 23.3. The molecule has 3 N–H and O–H groups in total. The fraction of sp³-hybridized carbons (Fsp3) is 0.596. The van der Waals surface area contributed by atoms with Gasteiger partial charge in [-0.15, -0.1) is 0 Å². The number of oxazole rings is 1. The molecule has 1 aliphatic heterocycles. The van der Waals surface area contributed by atoms with Crippen LogP contribution in [0.2, 0.25) is 0 Å². The minimum Gasteiger partial charge on any atom is -0.444 e. The molecule has 1 aliphatic rings. The minimum atomic E-state index is -0.729. The van der Waals surface area contributed by atoms with Crippen LogP contribution in [0.25, 0.3) is 22.6 Å². The Labute approximate surface area is 384 Å². The summed E-state index contributed by atoms with van der Waals surface area (Å²) in [5.74, 6) is 1.91. The molecule has 356 valence electrons. The maximum absolute atomic E-state index is 13.5. The summed E-state index contributed by atoms with van der Waals surface area (Å²) in [4.78, 5) is 66.1. The van der Waals surface area contributed by atoms with Gasteiger partial charge in [-0.2, -0.15) is 15.0 Å². The summed E-state index contributed by atoms with van der Waals surface area (Å²) in [6.07, 6.45) is 1.25. The second-order valence-corrected chi connectivity index (χ2v) is 19.1. The number of amides is 3. The second-order valence-electron chi connectivity index (χ2n) is 19.1. The molecule has 0 bridgehead atoms. The molecule has 1 fully saturated rings. The van der Waals surface area contributed by atoms with E-state index in [-0.39, 0.29) is 26.2 Å². The van der Waals surface area contributed by atoms with E-state index < -0.39 is 35.1 Å². The number of anilines is 3. The molecule has 5 rings (SSSR count). The number of carbonyl (C=O) groups is 3. The number of aromatic nitrogens is 4. The van der Waals surface area contributed by atoms with E-state index >= 15 is 0 Å². The number of unbranched alkanes of at least 4 members (excludes halogenated alkanes) is 1.